The van der Waals surface area contributed by atoms with Crippen molar-refractivity contribution < 1.29 is 58.3 Å². The number of ether oxygens (including phenoxy) is 2. The van der Waals surface area contributed by atoms with Gasteiger partial charge in [0.1, 0.15) is 42.7 Å². The van der Waals surface area contributed by atoms with Gasteiger partial charge in [-0.3, -0.25) is 13.8 Å². The smallest absolute Gasteiger partial charge is 0.457 e. The molecule has 6 unspecified atom stereocenters. The van der Waals surface area contributed by atoms with E-state index in [-0.39, 0.29) is 13.0 Å². The molecule has 0 heterocycles. The highest BCUT2D eigenvalue weighted by Gasteiger charge is 2.51. The van der Waals surface area contributed by atoms with Crippen LogP contribution in [0, 0.1) is 0 Å². The van der Waals surface area contributed by atoms with Crippen molar-refractivity contribution in [3.63, 3.8) is 0 Å². The third-order valence-corrected chi connectivity index (χ3v) is 10.9. The van der Waals surface area contributed by atoms with E-state index in [2.05, 4.69) is 74.6 Å². The van der Waals surface area contributed by atoms with E-state index < -0.39 is 63.1 Å². The summed E-state index contributed by atoms with van der Waals surface area (Å²) in [4.78, 5) is 23.0. The molecular weight excluding hydrogens is 763 g/mol. The summed E-state index contributed by atoms with van der Waals surface area (Å²) >= 11 is 0. The van der Waals surface area contributed by atoms with Crippen molar-refractivity contribution in [1.29, 1.82) is 0 Å². The van der Waals surface area contributed by atoms with Gasteiger partial charge in [0, 0.05) is 13.0 Å². The molecule has 0 radical (unpaired) electrons. The molecule has 0 aromatic rings. The second-order valence-electron chi connectivity index (χ2n) is 15.2. The van der Waals surface area contributed by atoms with Crippen LogP contribution in [-0.4, -0.2) is 98.9 Å². The Hall–Kier alpha value is -1.96. The molecule has 58 heavy (non-hydrogen) atoms. The molecule has 12 nitrogen and oxygen atoms in total. The molecular formula is C45H79O12P. The Bertz CT molecular complexity index is 1190. The second-order valence-corrected chi connectivity index (χ2v) is 16.6. The normalized spacial score (nSPS) is 23.2. The molecule has 1 aliphatic carbocycles. The standard InChI is InChI=1S/C45H79O12P/c1-3-5-7-9-11-13-14-15-16-17-18-19-20-21-22-23-24-25-27-29-31-33-35-54-36-38(56-39(46)34-32-30-28-26-12-10-8-6-4-2)37-55-58(52,53)57-45-43(50)41(48)40(47)42(49)44(45)51/h5,7,11,13,15-16,18-19,21-22,38,40-45,47-51H,3-4,6,8-10,12,14,17,20,23-37H2,1-2H3,(H,52,53)/b7-5-,13-11-,16-15-,19-18-,22-21-. The molecule has 0 bridgehead atoms. The molecule has 6 atom stereocenters. The summed E-state index contributed by atoms with van der Waals surface area (Å²) in [5.74, 6) is -0.489. The summed E-state index contributed by atoms with van der Waals surface area (Å²) in [6, 6.07) is 0. The lowest BCUT2D eigenvalue weighted by Crippen LogP contribution is -2.64. The minimum absolute atomic E-state index is 0.0882. The van der Waals surface area contributed by atoms with Gasteiger partial charge in [-0.1, -0.05) is 152 Å². The highest BCUT2D eigenvalue weighted by atomic mass is 31.2. The molecule has 1 aliphatic rings. The van der Waals surface area contributed by atoms with Gasteiger partial charge in [0.05, 0.1) is 13.2 Å². The molecule has 0 aliphatic heterocycles. The van der Waals surface area contributed by atoms with Crippen LogP contribution in [0.5, 0.6) is 0 Å². The fourth-order valence-electron chi connectivity index (χ4n) is 6.38. The molecule has 0 aromatic heterocycles. The number of unbranched alkanes of at least 4 members (excludes halogenated alkanes) is 14. The number of allylic oxidation sites excluding steroid dienone is 10. The minimum Gasteiger partial charge on any atom is -0.457 e. The van der Waals surface area contributed by atoms with Gasteiger partial charge in [0.25, 0.3) is 0 Å². The Morgan fingerprint density at radius 3 is 1.55 bits per heavy atom. The highest BCUT2D eigenvalue weighted by Crippen LogP contribution is 2.47. The number of aliphatic hydroxyl groups excluding tert-OH is 5. The van der Waals surface area contributed by atoms with Gasteiger partial charge in [-0.15, -0.1) is 0 Å². The van der Waals surface area contributed by atoms with E-state index in [4.69, 9.17) is 18.5 Å². The number of esters is 1. The number of rotatable bonds is 36. The van der Waals surface area contributed by atoms with Crippen LogP contribution in [-0.2, 0) is 27.9 Å². The van der Waals surface area contributed by atoms with Crippen molar-refractivity contribution in [1.82, 2.24) is 0 Å². The number of carbonyl (C=O) groups is 1. The van der Waals surface area contributed by atoms with E-state index in [1.54, 1.807) is 0 Å². The lowest BCUT2D eigenvalue weighted by atomic mass is 9.85. The molecule has 0 saturated heterocycles. The zero-order valence-corrected chi connectivity index (χ0v) is 36.5. The number of hydrogen-bond acceptors (Lipinski definition) is 11. The molecule has 0 amide bonds. The largest absolute Gasteiger partial charge is 0.472 e. The van der Waals surface area contributed by atoms with Crippen molar-refractivity contribution in [3.05, 3.63) is 60.8 Å². The number of aliphatic hydroxyl groups is 5. The van der Waals surface area contributed by atoms with E-state index >= 15 is 0 Å². The van der Waals surface area contributed by atoms with Crippen LogP contribution < -0.4 is 0 Å². The van der Waals surface area contributed by atoms with Gasteiger partial charge in [0.2, 0.25) is 0 Å². The van der Waals surface area contributed by atoms with E-state index in [0.717, 1.165) is 96.3 Å². The molecule has 1 fully saturated rings. The number of hydrogen-bond donors (Lipinski definition) is 6. The molecule has 0 spiro atoms. The average Bonchev–Trinajstić information content (AvgIpc) is 3.21. The molecule has 0 aromatic carbocycles. The number of phosphoric ester groups is 1. The fourth-order valence-corrected chi connectivity index (χ4v) is 7.35. The second kappa shape index (κ2) is 35.8. The average molecular weight is 843 g/mol. The first-order valence-electron chi connectivity index (χ1n) is 22.1. The summed E-state index contributed by atoms with van der Waals surface area (Å²) < 4.78 is 34.0. The Balaban J connectivity index is 2.36. The summed E-state index contributed by atoms with van der Waals surface area (Å²) in [5.41, 5.74) is 0. The molecule has 1 rings (SSSR count). The first-order chi connectivity index (χ1) is 28.0. The third kappa shape index (κ3) is 27.7. The first kappa shape index (κ1) is 54.1. The Labute approximate surface area is 349 Å². The fraction of sp³-hybridized carbons (Fsp3) is 0.756. The lowest BCUT2D eigenvalue weighted by Gasteiger charge is -2.41. The molecule has 6 N–H and O–H groups in total. The summed E-state index contributed by atoms with van der Waals surface area (Å²) in [6.07, 6.45) is 31.6. The van der Waals surface area contributed by atoms with Crippen LogP contribution in [0.25, 0.3) is 0 Å². The number of phosphoric acid groups is 1. The van der Waals surface area contributed by atoms with Gasteiger partial charge >= 0.3 is 13.8 Å². The maximum Gasteiger partial charge on any atom is 0.472 e. The predicted molar refractivity (Wildman–Crippen MR) is 230 cm³/mol. The van der Waals surface area contributed by atoms with E-state index in [1.165, 1.54) is 32.1 Å². The van der Waals surface area contributed by atoms with E-state index in [1.807, 2.05) is 0 Å². The Morgan fingerprint density at radius 2 is 1.02 bits per heavy atom. The first-order valence-corrected chi connectivity index (χ1v) is 23.6. The highest BCUT2D eigenvalue weighted by molar-refractivity contribution is 7.47. The van der Waals surface area contributed by atoms with Crippen LogP contribution in [0.3, 0.4) is 0 Å². The zero-order valence-electron chi connectivity index (χ0n) is 35.6. The van der Waals surface area contributed by atoms with Gasteiger partial charge < -0.3 is 39.9 Å². The minimum atomic E-state index is -5.02. The van der Waals surface area contributed by atoms with Gasteiger partial charge in [0.15, 0.2) is 0 Å². The SMILES string of the molecule is CC/C=C\C/C=C\C/C=C\C/C=C\C/C=C\CCCCCCCCOCC(COP(=O)(O)OC1C(O)C(O)C(O)C(O)C1O)OC(=O)CCCCCCCCCCC. The monoisotopic (exact) mass is 843 g/mol. The predicted octanol–water partition coefficient (Wildman–Crippen LogP) is 8.64. The van der Waals surface area contributed by atoms with Crippen LogP contribution in [0.2, 0.25) is 0 Å². The van der Waals surface area contributed by atoms with Crippen molar-refractivity contribution in [2.75, 3.05) is 19.8 Å². The van der Waals surface area contributed by atoms with E-state index in [9.17, 15) is 39.8 Å². The molecule has 1 saturated carbocycles. The van der Waals surface area contributed by atoms with Crippen LogP contribution in [0.4, 0.5) is 0 Å². The molecule has 336 valence electrons. The third-order valence-electron chi connectivity index (χ3n) is 9.90. The maximum atomic E-state index is 12.8. The summed E-state index contributed by atoms with van der Waals surface area (Å²) in [6.45, 7) is 4.06. The van der Waals surface area contributed by atoms with Crippen molar-refractivity contribution >= 4 is 13.8 Å². The topological polar surface area (TPSA) is 192 Å². The maximum absolute atomic E-state index is 12.8. The lowest BCUT2D eigenvalue weighted by molar-refractivity contribution is -0.220. The van der Waals surface area contributed by atoms with Crippen molar-refractivity contribution in [2.24, 2.45) is 0 Å². The van der Waals surface area contributed by atoms with Crippen LogP contribution >= 0.6 is 7.82 Å². The summed E-state index contributed by atoms with van der Waals surface area (Å²) in [7, 11) is -5.02. The Morgan fingerprint density at radius 1 is 0.569 bits per heavy atom. The van der Waals surface area contributed by atoms with Gasteiger partial charge in [-0.25, -0.2) is 4.57 Å². The van der Waals surface area contributed by atoms with E-state index in [0.29, 0.717) is 13.0 Å². The van der Waals surface area contributed by atoms with Crippen molar-refractivity contribution in [2.45, 2.75) is 198 Å². The number of carbonyl (C=O) groups excluding carboxylic acids is 1. The molecule has 13 heteroatoms. The zero-order chi connectivity index (χ0) is 42.7. The quantitative estimate of drug-likeness (QED) is 0.0153. The van der Waals surface area contributed by atoms with Gasteiger partial charge in [-0.05, 0) is 57.8 Å². The van der Waals surface area contributed by atoms with Gasteiger partial charge in [-0.2, -0.15) is 0 Å². The van der Waals surface area contributed by atoms with Crippen molar-refractivity contribution in [3.8, 4) is 0 Å². The van der Waals surface area contributed by atoms with Crippen LogP contribution in [0.15, 0.2) is 60.8 Å². The Kier molecular flexibility index (Phi) is 33.3. The summed E-state index contributed by atoms with van der Waals surface area (Å²) in [5, 5.41) is 50.1. The van der Waals surface area contributed by atoms with Crippen LogP contribution in [0.1, 0.15) is 155 Å².